The smallest absolute Gasteiger partial charge is 0.195 e. The highest BCUT2D eigenvalue weighted by atomic mass is 16.5. The maximum Gasteiger partial charge on any atom is 0.195 e. The third-order valence-electron chi connectivity index (χ3n) is 3.12. The Hall–Kier alpha value is -0.770. The van der Waals surface area contributed by atoms with Crippen LogP contribution in [0.15, 0.2) is 4.99 Å². The zero-order chi connectivity index (χ0) is 12.7. The summed E-state index contributed by atoms with van der Waals surface area (Å²) in [5.41, 5.74) is 0. The Morgan fingerprint density at radius 2 is 1.71 bits per heavy atom. The average molecular weight is 241 g/mol. The molecule has 0 bridgehead atoms. The average Bonchev–Trinajstić information content (AvgIpc) is 2.74. The molecule has 1 fully saturated rings. The molecule has 1 rings (SSSR count). The maximum atomic E-state index is 5.68. The number of nitrogens with zero attached hydrogens (tertiary/aromatic N) is 3. The van der Waals surface area contributed by atoms with Crippen LogP contribution >= 0.6 is 0 Å². The molecule has 0 atom stereocenters. The molecule has 0 amide bonds. The fraction of sp³-hybridized carbons (Fsp3) is 0.923. The van der Waals surface area contributed by atoms with Gasteiger partial charge >= 0.3 is 0 Å². The summed E-state index contributed by atoms with van der Waals surface area (Å²) in [7, 11) is 8.05. The van der Waals surface area contributed by atoms with Crippen molar-refractivity contribution in [3.05, 3.63) is 0 Å². The van der Waals surface area contributed by atoms with E-state index in [1.807, 2.05) is 38.0 Å². The van der Waals surface area contributed by atoms with Crippen LogP contribution in [-0.4, -0.2) is 63.7 Å². The Labute approximate surface area is 106 Å². The molecule has 0 aromatic carbocycles. The fourth-order valence-corrected chi connectivity index (χ4v) is 2.32. The van der Waals surface area contributed by atoms with Crippen molar-refractivity contribution >= 4 is 5.96 Å². The van der Waals surface area contributed by atoms with E-state index in [0.717, 1.165) is 31.6 Å². The van der Waals surface area contributed by atoms with Gasteiger partial charge in [0.2, 0.25) is 0 Å². The molecule has 1 aliphatic rings. The molecule has 0 unspecified atom stereocenters. The van der Waals surface area contributed by atoms with Gasteiger partial charge in [-0.15, -0.1) is 0 Å². The summed E-state index contributed by atoms with van der Waals surface area (Å²) in [6, 6.07) is 0. The number of rotatable bonds is 5. The van der Waals surface area contributed by atoms with Gasteiger partial charge in [-0.3, -0.25) is 4.99 Å². The number of hydrogen-bond donors (Lipinski definition) is 0. The highest BCUT2D eigenvalue weighted by Gasteiger charge is 2.14. The Kier molecular flexibility index (Phi) is 6.34. The van der Waals surface area contributed by atoms with Crippen LogP contribution in [0.4, 0.5) is 0 Å². The van der Waals surface area contributed by atoms with Gasteiger partial charge < -0.3 is 14.5 Å². The van der Waals surface area contributed by atoms with Gasteiger partial charge in [-0.1, -0.05) is 12.8 Å². The fourth-order valence-electron chi connectivity index (χ4n) is 2.32. The van der Waals surface area contributed by atoms with Crippen LogP contribution in [0, 0.1) is 5.92 Å². The monoisotopic (exact) mass is 241 g/mol. The minimum Gasteiger partial charge on any atom is -0.379 e. The largest absolute Gasteiger partial charge is 0.379 e. The molecule has 4 heteroatoms. The maximum absolute atomic E-state index is 5.68. The van der Waals surface area contributed by atoms with Crippen LogP contribution in [0.2, 0.25) is 0 Å². The second-order valence-corrected chi connectivity index (χ2v) is 5.20. The number of aliphatic imine (C=N–C) groups is 1. The third kappa shape index (κ3) is 5.39. The van der Waals surface area contributed by atoms with E-state index < -0.39 is 0 Å². The van der Waals surface area contributed by atoms with Crippen molar-refractivity contribution in [3.8, 4) is 0 Å². The van der Waals surface area contributed by atoms with Gasteiger partial charge in [-0.05, 0) is 18.8 Å². The molecule has 1 aliphatic carbocycles. The van der Waals surface area contributed by atoms with E-state index in [0.29, 0.717) is 0 Å². The number of hydrogen-bond acceptors (Lipinski definition) is 2. The van der Waals surface area contributed by atoms with Crippen molar-refractivity contribution in [1.82, 2.24) is 9.80 Å². The minimum atomic E-state index is 0.738. The summed E-state index contributed by atoms with van der Waals surface area (Å²) in [5.74, 6) is 1.80. The van der Waals surface area contributed by atoms with Crippen LogP contribution in [0.5, 0.6) is 0 Å². The van der Waals surface area contributed by atoms with Crippen molar-refractivity contribution < 1.29 is 4.74 Å². The van der Waals surface area contributed by atoms with Crippen LogP contribution in [-0.2, 0) is 4.74 Å². The Balaban J connectivity index is 2.14. The first kappa shape index (κ1) is 14.3. The summed E-state index contributed by atoms with van der Waals surface area (Å²) < 4.78 is 5.68. The van der Waals surface area contributed by atoms with E-state index in [1.54, 1.807) is 0 Å². The molecule has 0 aliphatic heterocycles. The van der Waals surface area contributed by atoms with Gasteiger partial charge in [-0.2, -0.15) is 0 Å². The predicted molar refractivity (Wildman–Crippen MR) is 72.5 cm³/mol. The highest BCUT2D eigenvalue weighted by molar-refractivity contribution is 5.79. The lowest BCUT2D eigenvalue weighted by molar-refractivity contribution is 0.107. The third-order valence-corrected chi connectivity index (χ3v) is 3.12. The van der Waals surface area contributed by atoms with E-state index in [4.69, 9.17) is 4.74 Å². The topological polar surface area (TPSA) is 28.1 Å². The summed E-state index contributed by atoms with van der Waals surface area (Å²) in [5, 5.41) is 0. The standard InChI is InChI=1S/C13H27N3O/c1-15(2)13(16(3)4)14-9-10-17-11-12-7-5-6-8-12/h12H,5-11H2,1-4H3. The van der Waals surface area contributed by atoms with Gasteiger partial charge in [-0.25, -0.2) is 0 Å². The summed E-state index contributed by atoms with van der Waals surface area (Å²) >= 11 is 0. The molecule has 4 nitrogen and oxygen atoms in total. The van der Waals surface area contributed by atoms with Crippen molar-refractivity contribution in [1.29, 1.82) is 0 Å². The number of guanidine groups is 1. The molecule has 0 aromatic heterocycles. The zero-order valence-corrected chi connectivity index (χ0v) is 11.8. The van der Waals surface area contributed by atoms with Crippen LogP contribution in [0.1, 0.15) is 25.7 Å². The quantitative estimate of drug-likeness (QED) is 0.416. The van der Waals surface area contributed by atoms with Gasteiger partial charge in [0.25, 0.3) is 0 Å². The molecule has 0 N–H and O–H groups in total. The molecule has 0 radical (unpaired) electrons. The van der Waals surface area contributed by atoms with Crippen LogP contribution in [0.3, 0.4) is 0 Å². The van der Waals surface area contributed by atoms with Crippen LogP contribution in [0.25, 0.3) is 0 Å². The van der Waals surface area contributed by atoms with Crippen molar-refractivity contribution in [2.24, 2.45) is 10.9 Å². The lowest BCUT2D eigenvalue weighted by Crippen LogP contribution is -2.35. The van der Waals surface area contributed by atoms with E-state index in [-0.39, 0.29) is 0 Å². The molecule has 0 saturated heterocycles. The van der Waals surface area contributed by atoms with Crippen molar-refractivity contribution in [2.75, 3.05) is 47.9 Å². The number of ether oxygens (including phenoxy) is 1. The van der Waals surface area contributed by atoms with Crippen molar-refractivity contribution in [3.63, 3.8) is 0 Å². The summed E-state index contributed by atoms with van der Waals surface area (Å²) in [4.78, 5) is 8.58. The molecule has 0 heterocycles. The van der Waals surface area contributed by atoms with Gasteiger partial charge in [0.05, 0.1) is 13.2 Å². The molecule has 0 aromatic rings. The molecule has 100 valence electrons. The lowest BCUT2D eigenvalue weighted by Gasteiger charge is -2.22. The molecule has 1 saturated carbocycles. The summed E-state index contributed by atoms with van der Waals surface area (Å²) in [6.07, 6.45) is 5.48. The van der Waals surface area contributed by atoms with E-state index >= 15 is 0 Å². The summed E-state index contributed by atoms with van der Waals surface area (Å²) in [6.45, 7) is 2.41. The van der Waals surface area contributed by atoms with E-state index in [9.17, 15) is 0 Å². The Bertz CT molecular complexity index is 223. The van der Waals surface area contributed by atoms with E-state index in [1.165, 1.54) is 25.7 Å². The second kappa shape index (κ2) is 7.54. The normalized spacial score (nSPS) is 16.0. The van der Waals surface area contributed by atoms with Crippen molar-refractivity contribution in [2.45, 2.75) is 25.7 Å². The molecular weight excluding hydrogens is 214 g/mol. The van der Waals surface area contributed by atoms with Gasteiger partial charge in [0.15, 0.2) is 5.96 Å². The van der Waals surface area contributed by atoms with Gasteiger partial charge in [0.1, 0.15) is 0 Å². The second-order valence-electron chi connectivity index (χ2n) is 5.20. The first-order valence-corrected chi connectivity index (χ1v) is 6.58. The first-order chi connectivity index (χ1) is 8.11. The first-order valence-electron chi connectivity index (χ1n) is 6.58. The Morgan fingerprint density at radius 3 is 2.24 bits per heavy atom. The lowest BCUT2D eigenvalue weighted by atomic mass is 10.1. The molecule has 17 heavy (non-hydrogen) atoms. The van der Waals surface area contributed by atoms with Gasteiger partial charge in [0, 0.05) is 34.8 Å². The SMILES string of the molecule is CN(C)C(=NCCOCC1CCCC1)N(C)C. The molecule has 0 spiro atoms. The minimum absolute atomic E-state index is 0.738. The Morgan fingerprint density at radius 1 is 1.12 bits per heavy atom. The molecular formula is C13H27N3O. The highest BCUT2D eigenvalue weighted by Crippen LogP contribution is 2.24. The predicted octanol–water partition coefficient (Wildman–Crippen LogP) is 1.67. The zero-order valence-electron chi connectivity index (χ0n) is 11.8. The van der Waals surface area contributed by atoms with Crippen LogP contribution < -0.4 is 0 Å². The van der Waals surface area contributed by atoms with E-state index in [2.05, 4.69) is 4.99 Å².